The van der Waals surface area contributed by atoms with E-state index in [9.17, 15) is 31.8 Å². The molecule has 30 heavy (non-hydrogen) atoms. The molecule has 3 rings (SSSR count). The van der Waals surface area contributed by atoms with Crippen LogP contribution < -0.4 is 0 Å². The van der Waals surface area contributed by atoms with Gasteiger partial charge in [-0.25, -0.2) is 12.4 Å². The van der Waals surface area contributed by atoms with Crippen molar-refractivity contribution in [3.63, 3.8) is 0 Å². The molecule has 0 aliphatic heterocycles. The van der Waals surface area contributed by atoms with Crippen molar-refractivity contribution in [3.05, 3.63) is 76.5 Å². The van der Waals surface area contributed by atoms with Gasteiger partial charge in [-0.15, -0.1) is 0 Å². The fourth-order valence-electron chi connectivity index (χ4n) is 3.33. The van der Waals surface area contributed by atoms with Gasteiger partial charge in [0, 0.05) is 11.1 Å². The Labute approximate surface area is 172 Å². The fraction of sp³-hybridized carbons (Fsp3) is 0.238. The van der Waals surface area contributed by atoms with E-state index in [1.54, 1.807) is 26.0 Å². The van der Waals surface area contributed by atoms with Crippen LogP contribution in [0.5, 0.6) is 0 Å². The first-order valence-corrected chi connectivity index (χ1v) is 10.4. The number of nitrogens with zero attached hydrogens (tertiary/aromatic N) is 1. The molecule has 0 amide bonds. The van der Waals surface area contributed by atoms with E-state index < -0.39 is 40.7 Å². The summed E-state index contributed by atoms with van der Waals surface area (Å²) in [6.45, 7) is 1.54. The predicted octanol–water partition coefficient (Wildman–Crippen LogP) is 4.01. The van der Waals surface area contributed by atoms with Gasteiger partial charge >= 0.3 is 6.18 Å². The van der Waals surface area contributed by atoms with Gasteiger partial charge in [0.25, 0.3) is 10.0 Å². The normalized spacial score (nSPS) is 12.4. The number of halogens is 3. The molecule has 2 N–H and O–H groups in total. The zero-order valence-electron chi connectivity index (χ0n) is 16.2. The zero-order chi connectivity index (χ0) is 22.3. The Kier molecular flexibility index (Phi) is 5.81. The average Bonchev–Trinajstić information content (AvgIpc) is 3.04. The fourth-order valence-corrected chi connectivity index (χ4v) is 4.93. The van der Waals surface area contributed by atoms with Gasteiger partial charge in [-0.1, -0.05) is 47.5 Å². The molecule has 0 fully saturated rings. The van der Waals surface area contributed by atoms with Crippen molar-refractivity contribution < 1.29 is 31.8 Å². The summed E-state index contributed by atoms with van der Waals surface area (Å²) in [4.78, 5) is -0.337. The van der Waals surface area contributed by atoms with Gasteiger partial charge in [-0.05, 0) is 31.5 Å². The molecule has 5 nitrogen and oxygen atoms in total. The second kappa shape index (κ2) is 7.90. The van der Waals surface area contributed by atoms with Crippen LogP contribution in [0, 0.1) is 13.8 Å². The summed E-state index contributed by atoms with van der Waals surface area (Å²) >= 11 is 0. The lowest BCUT2D eigenvalue weighted by molar-refractivity contribution is -0.142. The van der Waals surface area contributed by atoms with Crippen molar-refractivity contribution in [3.8, 4) is 11.3 Å². The Balaban J connectivity index is 2.49. The molecule has 0 aliphatic rings. The number of hydrogen-bond donors (Lipinski definition) is 2. The number of aliphatic hydroxyl groups excluding tert-OH is 2. The van der Waals surface area contributed by atoms with Crippen molar-refractivity contribution in [1.29, 1.82) is 0 Å². The summed E-state index contributed by atoms with van der Waals surface area (Å²) in [6.07, 6.45) is -5.09. The molecule has 0 atom stereocenters. The van der Waals surface area contributed by atoms with Gasteiger partial charge in [0.1, 0.15) is 5.69 Å². The van der Waals surface area contributed by atoms with Gasteiger partial charge in [-0.2, -0.15) is 13.2 Å². The first-order chi connectivity index (χ1) is 14.0. The minimum absolute atomic E-state index is 0.172. The second-order valence-electron chi connectivity index (χ2n) is 6.92. The Morgan fingerprint density at radius 1 is 0.833 bits per heavy atom. The number of aliphatic hydroxyl groups is 2. The SMILES string of the molecule is Cc1ccc(-c2c(CO)c(CO)c(C(F)(F)F)n2S(=O)(=O)c2ccc(C)cc2)cc1. The Bertz CT molecular complexity index is 1160. The third-order valence-corrected chi connectivity index (χ3v) is 6.52. The summed E-state index contributed by atoms with van der Waals surface area (Å²) in [5.74, 6) is 0. The van der Waals surface area contributed by atoms with Crippen molar-refractivity contribution in [1.82, 2.24) is 3.97 Å². The summed E-state index contributed by atoms with van der Waals surface area (Å²) in [7, 11) is -4.71. The number of aryl methyl sites for hydroxylation is 2. The lowest BCUT2D eigenvalue weighted by Gasteiger charge is -2.17. The van der Waals surface area contributed by atoms with E-state index in [-0.39, 0.29) is 25.7 Å². The van der Waals surface area contributed by atoms with E-state index in [0.717, 1.165) is 11.1 Å². The van der Waals surface area contributed by atoms with Crippen LogP contribution in [0.25, 0.3) is 11.3 Å². The molecule has 3 aromatic rings. The second-order valence-corrected chi connectivity index (χ2v) is 8.70. The third-order valence-electron chi connectivity index (χ3n) is 4.81. The maximum Gasteiger partial charge on any atom is 0.432 e. The lowest BCUT2D eigenvalue weighted by atomic mass is 10.0. The van der Waals surface area contributed by atoms with E-state index in [4.69, 9.17) is 0 Å². The standard InChI is InChI=1S/C21H20F3NO4S/c1-13-3-7-15(8-4-13)19-17(11-26)18(12-27)20(21(22,23)24)25(19)30(28,29)16-9-5-14(2)6-10-16/h3-10,26-27H,11-12H2,1-2H3. The monoisotopic (exact) mass is 439 g/mol. The van der Waals surface area contributed by atoms with E-state index in [1.165, 1.54) is 36.4 Å². The Morgan fingerprint density at radius 3 is 1.73 bits per heavy atom. The predicted molar refractivity (Wildman–Crippen MR) is 105 cm³/mol. The number of aromatic nitrogens is 1. The van der Waals surface area contributed by atoms with Crippen molar-refractivity contribution >= 4 is 10.0 Å². The number of benzene rings is 2. The molecule has 0 spiro atoms. The highest BCUT2D eigenvalue weighted by atomic mass is 32.2. The molecule has 2 aromatic carbocycles. The van der Waals surface area contributed by atoms with E-state index in [1.807, 2.05) is 0 Å². The minimum Gasteiger partial charge on any atom is -0.392 e. The molecule has 0 radical (unpaired) electrons. The van der Waals surface area contributed by atoms with Gasteiger partial charge in [-0.3, -0.25) is 0 Å². The van der Waals surface area contributed by atoms with Gasteiger partial charge in [0.15, 0.2) is 0 Å². The summed E-state index contributed by atoms with van der Waals surface area (Å²) in [6, 6.07) is 11.6. The lowest BCUT2D eigenvalue weighted by Crippen LogP contribution is -2.23. The summed E-state index contributed by atoms with van der Waals surface area (Å²) < 4.78 is 69.0. The van der Waals surface area contributed by atoms with E-state index >= 15 is 0 Å². The largest absolute Gasteiger partial charge is 0.432 e. The number of hydrogen-bond acceptors (Lipinski definition) is 4. The number of alkyl halides is 3. The molecule has 1 aromatic heterocycles. The van der Waals surface area contributed by atoms with Crippen LogP contribution in [0.2, 0.25) is 0 Å². The van der Waals surface area contributed by atoms with Crippen molar-refractivity contribution in [2.45, 2.75) is 38.1 Å². The zero-order valence-corrected chi connectivity index (χ0v) is 17.0. The van der Waals surface area contributed by atoms with Gasteiger partial charge < -0.3 is 10.2 Å². The van der Waals surface area contributed by atoms with E-state index in [2.05, 4.69) is 0 Å². The maximum absolute atomic E-state index is 14.0. The van der Waals surface area contributed by atoms with Crippen LogP contribution in [0.15, 0.2) is 53.4 Å². The van der Waals surface area contributed by atoms with Crippen LogP contribution in [-0.2, 0) is 29.4 Å². The van der Waals surface area contributed by atoms with Crippen LogP contribution in [0.1, 0.15) is 27.9 Å². The molecule has 9 heteroatoms. The Hall–Kier alpha value is -2.62. The first kappa shape index (κ1) is 22.1. The van der Waals surface area contributed by atoms with E-state index in [0.29, 0.717) is 0 Å². The maximum atomic E-state index is 14.0. The smallest absolute Gasteiger partial charge is 0.392 e. The molecule has 0 bridgehead atoms. The topological polar surface area (TPSA) is 79.5 Å². The van der Waals surface area contributed by atoms with Gasteiger partial charge in [0.2, 0.25) is 0 Å². The van der Waals surface area contributed by atoms with Crippen molar-refractivity contribution in [2.24, 2.45) is 0 Å². The molecular weight excluding hydrogens is 419 g/mol. The van der Waals surface area contributed by atoms with Gasteiger partial charge in [0.05, 0.1) is 23.8 Å². The molecule has 0 unspecified atom stereocenters. The van der Waals surface area contributed by atoms with Crippen LogP contribution in [-0.4, -0.2) is 22.6 Å². The minimum atomic E-state index is -5.09. The molecular formula is C21H20F3NO4S. The van der Waals surface area contributed by atoms with Crippen LogP contribution in [0.4, 0.5) is 13.2 Å². The highest BCUT2D eigenvalue weighted by Gasteiger charge is 2.44. The molecule has 0 aliphatic carbocycles. The first-order valence-electron chi connectivity index (χ1n) is 8.97. The van der Waals surface area contributed by atoms with Crippen LogP contribution >= 0.6 is 0 Å². The summed E-state index contributed by atoms with van der Waals surface area (Å²) in [5, 5.41) is 19.5. The summed E-state index contributed by atoms with van der Waals surface area (Å²) in [5.41, 5.74) is -1.07. The molecule has 0 saturated carbocycles. The molecule has 160 valence electrons. The van der Waals surface area contributed by atoms with Crippen LogP contribution in [0.3, 0.4) is 0 Å². The number of rotatable bonds is 5. The Morgan fingerprint density at radius 2 is 1.30 bits per heavy atom. The molecule has 0 saturated heterocycles. The quantitative estimate of drug-likeness (QED) is 0.630. The van der Waals surface area contributed by atoms with Crippen molar-refractivity contribution in [2.75, 3.05) is 0 Å². The molecule has 1 heterocycles. The third kappa shape index (κ3) is 3.76. The highest BCUT2D eigenvalue weighted by molar-refractivity contribution is 7.90. The highest BCUT2D eigenvalue weighted by Crippen LogP contribution is 2.43. The average molecular weight is 439 g/mol.